The molecule has 1 aliphatic rings. The highest BCUT2D eigenvalue weighted by atomic mass is 16.5. The van der Waals surface area contributed by atoms with Crippen LogP contribution in [-0.4, -0.2) is 69.1 Å². The fourth-order valence-corrected chi connectivity index (χ4v) is 3.76. The van der Waals surface area contributed by atoms with Crippen LogP contribution in [0.2, 0.25) is 0 Å². The third kappa shape index (κ3) is 3.32. The van der Waals surface area contributed by atoms with Gasteiger partial charge in [-0.1, -0.05) is 0 Å². The van der Waals surface area contributed by atoms with Crippen LogP contribution in [0.1, 0.15) is 12.5 Å². The Labute approximate surface area is 167 Å². The van der Waals surface area contributed by atoms with Crippen LogP contribution in [0.3, 0.4) is 0 Å². The maximum absolute atomic E-state index is 13.0. The molecule has 1 aliphatic heterocycles. The number of rotatable bonds is 3. The number of aromatic nitrogens is 3. The van der Waals surface area contributed by atoms with Crippen LogP contribution in [0.5, 0.6) is 5.75 Å². The highest BCUT2D eigenvalue weighted by molar-refractivity contribution is 5.85. The summed E-state index contributed by atoms with van der Waals surface area (Å²) in [4.78, 5) is 40.6. The monoisotopic (exact) mass is 397 g/mol. The summed E-state index contributed by atoms with van der Waals surface area (Å²) in [7, 11) is 1.60. The van der Waals surface area contributed by atoms with Gasteiger partial charge in [-0.15, -0.1) is 5.10 Å². The van der Waals surface area contributed by atoms with Crippen molar-refractivity contribution in [1.82, 2.24) is 24.0 Å². The van der Waals surface area contributed by atoms with Gasteiger partial charge < -0.3 is 14.5 Å². The van der Waals surface area contributed by atoms with Gasteiger partial charge in [0.25, 0.3) is 0 Å². The van der Waals surface area contributed by atoms with Crippen molar-refractivity contribution in [2.45, 2.75) is 20.4 Å². The summed E-state index contributed by atoms with van der Waals surface area (Å²) in [5.41, 5.74) is 1.73. The van der Waals surface area contributed by atoms with Gasteiger partial charge in [0.2, 0.25) is 11.8 Å². The lowest BCUT2D eigenvalue weighted by Crippen LogP contribution is -2.51. The van der Waals surface area contributed by atoms with Gasteiger partial charge in [0.15, 0.2) is 5.65 Å². The number of pyridine rings is 1. The zero-order chi connectivity index (χ0) is 20.7. The van der Waals surface area contributed by atoms with Crippen molar-refractivity contribution < 1.29 is 14.3 Å². The lowest BCUT2D eigenvalue weighted by Gasteiger charge is -2.34. The number of hydrogen-bond donors (Lipinski definition) is 0. The molecule has 0 N–H and O–H groups in total. The van der Waals surface area contributed by atoms with E-state index in [4.69, 9.17) is 4.74 Å². The van der Waals surface area contributed by atoms with Crippen molar-refractivity contribution in [2.24, 2.45) is 0 Å². The summed E-state index contributed by atoms with van der Waals surface area (Å²) in [5.74, 6) is 0.534. The number of hydrogen-bond acceptors (Lipinski definition) is 5. The zero-order valence-corrected chi connectivity index (χ0v) is 16.7. The third-order valence-corrected chi connectivity index (χ3v) is 5.40. The van der Waals surface area contributed by atoms with E-state index in [0.717, 1.165) is 10.9 Å². The molecule has 1 fully saturated rings. The van der Waals surface area contributed by atoms with E-state index in [1.165, 1.54) is 16.0 Å². The quantitative estimate of drug-likeness (QED) is 0.648. The predicted octanol–water partition coefficient (Wildman–Crippen LogP) is 0.657. The molecule has 3 heterocycles. The fourth-order valence-electron chi connectivity index (χ4n) is 3.76. The first-order valence-corrected chi connectivity index (χ1v) is 9.49. The van der Waals surface area contributed by atoms with Crippen molar-refractivity contribution in [1.29, 1.82) is 0 Å². The Morgan fingerprint density at radius 1 is 1.10 bits per heavy atom. The van der Waals surface area contributed by atoms with Crippen molar-refractivity contribution in [3.05, 3.63) is 40.3 Å². The van der Waals surface area contributed by atoms with Crippen molar-refractivity contribution in [2.75, 3.05) is 33.3 Å². The molecule has 0 atom stereocenters. The average Bonchev–Trinajstić information content (AvgIpc) is 3.04. The second kappa shape index (κ2) is 7.23. The van der Waals surface area contributed by atoms with Crippen molar-refractivity contribution >= 4 is 28.4 Å². The zero-order valence-electron chi connectivity index (χ0n) is 16.7. The number of carbonyl (C=O) groups excluding carboxylic acids is 2. The molecule has 0 aliphatic carbocycles. The van der Waals surface area contributed by atoms with Gasteiger partial charge in [0, 0.05) is 38.5 Å². The molecule has 0 spiro atoms. The number of nitrogens with zero attached hydrogens (tertiary/aromatic N) is 5. The van der Waals surface area contributed by atoms with Gasteiger partial charge in [-0.2, -0.15) is 0 Å². The van der Waals surface area contributed by atoms with Gasteiger partial charge in [-0.05, 0) is 36.8 Å². The van der Waals surface area contributed by atoms with E-state index < -0.39 is 0 Å². The van der Waals surface area contributed by atoms with Crippen LogP contribution in [-0.2, 0) is 16.1 Å². The molecule has 0 saturated carbocycles. The van der Waals surface area contributed by atoms with Gasteiger partial charge >= 0.3 is 5.69 Å². The molecule has 3 aromatic rings. The molecule has 0 radical (unpaired) electrons. The topological polar surface area (TPSA) is 89.2 Å². The highest BCUT2D eigenvalue weighted by Gasteiger charge is 2.24. The first kappa shape index (κ1) is 19.0. The number of carbonyl (C=O) groups is 2. The Balaban J connectivity index is 1.65. The highest BCUT2D eigenvalue weighted by Crippen LogP contribution is 2.23. The standard InChI is InChI=1S/C20H23N5O4/c1-13-10-15-11-16(29-3)4-5-17(15)25-19(13)21-24(20(25)28)12-18(27)23-8-6-22(7-9-23)14(2)26/h4-5,10-11H,6-9,12H2,1-3H3. The number of fused-ring (bicyclic) bond motifs is 3. The fraction of sp³-hybridized carbons (Fsp3) is 0.400. The summed E-state index contributed by atoms with van der Waals surface area (Å²) < 4.78 is 8.02. The first-order chi connectivity index (χ1) is 13.9. The first-order valence-electron chi connectivity index (χ1n) is 9.49. The summed E-state index contributed by atoms with van der Waals surface area (Å²) in [6, 6.07) is 7.43. The molecule has 152 valence electrons. The number of piperazine rings is 1. The van der Waals surface area contributed by atoms with Gasteiger partial charge in [-0.3, -0.25) is 9.59 Å². The average molecular weight is 397 g/mol. The van der Waals surface area contributed by atoms with Crippen LogP contribution in [0.25, 0.3) is 16.6 Å². The molecule has 1 saturated heterocycles. The van der Waals surface area contributed by atoms with E-state index in [1.54, 1.807) is 23.0 Å². The van der Waals surface area contributed by atoms with Gasteiger partial charge in [0.1, 0.15) is 12.3 Å². The summed E-state index contributed by atoms with van der Waals surface area (Å²) in [5, 5.41) is 5.27. The molecule has 4 rings (SSSR count). The molecule has 9 heteroatoms. The summed E-state index contributed by atoms with van der Waals surface area (Å²) >= 11 is 0. The Hall–Kier alpha value is -3.36. The Kier molecular flexibility index (Phi) is 4.73. The lowest BCUT2D eigenvalue weighted by atomic mass is 10.1. The number of benzene rings is 1. The smallest absolute Gasteiger partial charge is 0.351 e. The lowest BCUT2D eigenvalue weighted by molar-refractivity contribution is -0.139. The minimum Gasteiger partial charge on any atom is -0.497 e. The Morgan fingerprint density at radius 3 is 2.45 bits per heavy atom. The predicted molar refractivity (Wildman–Crippen MR) is 107 cm³/mol. The Morgan fingerprint density at radius 2 is 1.79 bits per heavy atom. The number of methoxy groups -OCH3 is 1. The van der Waals surface area contributed by atoms with E-state index in [9.17, 15) is 14.4 Å². The van der Waals surface area contributed by atoms with E-state index in [-0.39, 0.29) is 24.0 Å². The number of ether oxygens (including phenoxy) is 1. The van der Waals surface area contributed by atoms with Crippen molar-refractivity contribution in [3.8, 4) is 5.75 Å². The van der Waals surface area contributed by atoms with Gasteiger partial charge in [-0.25, -0.2) is 13.9 Å². The maximum atomic E-state index is 13.0. The maximum Gasteiger partial charge on any atom is 0.351 e. The summed E-state index contributed by atoms with van der Waals surface area (Å²) in [6.07, 6.45) is 0. The minimum atomic E-state index is -0.352. The van der Waals surface area contributed by atoms with Crippen molar-refractivity contribution in [3.63, 3.8) is 0 Å². The second-order valence-electron chi connectivity index (χ2n) is 7.24. The largest absolute Gasteiger partial charge is 0.497 e. The minimum absolute atomic E-state index is 0.00709. The molecule has 1 aromatic carbocycles. The Bertz CT molecular complexity index is 1170. The van der Waals surface area contributed by atoms with E-state index >= 15 is 0 Å². The van der Waals surface area contributed by atoms with Crippen LogP contribution in [0.15, 0.2) is 29.1 Å². The molecule has 0 bridgehead atoms. The molecule has 29 heavy (non-hydrogen) atoms. The van der Waals surface area contributed by atoms with Crippen LogP contribution < -0.4 is 10.4 Å². The number of amides is 2. The second-order valence-corrected chi connectivity index (χ2v) is 7.24. The van der Waals surface area contributed by atoms with Crippen LogP contribution >= 0.6 is 0 Å². The molecule has 2 aromatic heterocycles. The SMILES string of the molecule is COc1ccc2c(c1)cc(C)c1nn(CC(=O)N3CCN(C(C)=O)CC3)c(=O)n12. The molecule has 0 unspecified atom stereocenters. The molecular formula is C20H23N5O4. The summed E-state index contributed by atoms with van der Waals surface area (Å²) in [6.45, 7) is 5.21. The van der Waals surface area contributed by atoms with E-state index in [2.05, 4.69) is 5.10 Å². The third-order valence-electron chi connectivity index (χ3n) is 5.40. The number of aryl methyl sites for hydroxylation is 1. The molecule has 9 nitrogen and oxygen atoms in total. The van der Waals surface area contributed by atoms with Crippen LogP contribution in [0, 0.1) is 6.92 Å². The van der Waals surface area contributed by atoms with Gasteiger partial charge in [0.05, 0.1) is 12.6 Å². The van der Waals surface area contributed by atoms with Crippen LogP contribution in [0.4, 0.5) is 0 Å². The molecule has 2 amide bonds. The molecular weight excluding hydrogens is 374 g/mol. The van der Waals surface area contributed by atoms with E-state index in [0.29, 0.717) is 43.1 Å². The van der Waals surface area contributed by atoms with E-state index in [1.807, 2.05) is 25.1 Å². The normalized spacial score (nSPS) is 14.6.